The molecule has 0 heterocycles. The molecule has 0 spiro atoms. The first-order chi connectivity index (χ1) is 16.6. The van der Waals surface area contributed by atoms with Gasteiger partial charge in [-0.05, 0) is 114 Å². The average Bonchev–Trinajstić information content (AvgIpc) is 3.60. The minimum absolute atomic E-state index is 0.461. The van der Waals surface area contributed by atoms with Gasteiger partial charge < -0.3 is 0 Å². The van der Waals surface area contributed by atoms with Crippen molar-refractivity contribution in [1.29, 1.82) is 0 Å². The maximum atomic E-state index is 4.54. The van der Waals surface area contributed by atoms with Crippen LogP contribution in [0, 0.1) is 28.6 Å². The zero-order valence-corrected chi connectivity index (χ0v) is 22.3. The van der Waals surface area contributed by atoms with E-state index in [-0.39, 0.29) is 0 Å². The molecule has 5 rings (SSSR count). The predicted molar refractivity (Wildman–Crippen MR) is 152 cm³/mol. The van der Waals surface area contributed by atoms with Crippen LogP contribution in [0.2, 0.25) is 0 Å². The van der Waals surface area contributed by atoms with Gasteiger partial charge in [0.1, 0.15) is 0 Å². The minimum atomic E-state index is 0.461. The summed E-state index contributed by atoms with van der Waals surface area (Å²) in [6, 6.07) is 18.2. The summed E-state index contributed by atoms with van der Waals surface area (Å²) < 4.78 is 0. The molecule has 0 aliphatic heterocycles. The Labute approximate surface area is 214 Å². The normalized spacial score (nSPS) is 24.9. The van der Waals surface area contributed by atoms with Gasteiger partial charge in [0.2, 0.25) is 0 Å². The standard InChI is InChI=1S/C35H44/c1-24(33-22-34(4,5)23-33)20-27-8-7-9-32(21-27)31-16-12-29(13-17-31)25(2)28-10-14-30(15-11-28)26(3)35(6)18-19-35/h7-9,12-13,16-17,21,28,30,33H,1-3,10-11,14-15,18-20,22-23H2,4-6H3. The van der Waals surface area contributed by atoms with Crippen molar-refractivity contribution < 1.29 is 0 Å². The quantitative estimate of drug-likeness (QED) is 0.341. The first kappa shape index (κ1) is 24.4. The Bertz CT molecular complexity index is 1100. The van der Waals surface area contributed by atoms with E-state index < -0.39 is 0 Å². The number of benzene rings is 2. The number of hydrogen-bond acceptors (Lipinski definition) is 0. The molecule has 35 heavy (non-hydrogen) atoms. The van der Waals surface area contributed by atoms with Gasteiger partial charge in [0.15, 0.2) is 0 Å². The maximum Gasteiger partial charge on any atom is -0.00668 e. The average molecular weight is 465 g/mol. The molecule has 0 saturated heterocycles. The van der Waals surface area contributed by atoms with Gasteiger partial charge in [-0.3, -0.25) is 0 Å². The molecule has 3 fully saturated rings. The highest BCUT2D eigenvalue weighted by Crippen LogP contribution is 2.55. The molecule has 0 bridgehead atoms. The highest BCUT2D eigenvalue weighted by Gasteiger charge is 2.43. The summed E-state index contributed by atoms with van der Waals surface area (Å²) in [5.41, 5.74) is 10.5. The van der Waals surface area contributed by atoms with Crippen molar-refractivity contribution in [3.05, 3.63) is 90.5 Å². The summed E-state index contributed by atoms with van der Waals surface area (Å²) in [6.45, 7) is 20.6. The van der Waals surface area contributed by atoms with Crippen LogP contribution in [-0.2, 0) is 6.42 Å². The van der Waals surface area contributed by atoms with Crippen LogP contribution < -0.4 is 0 Å². The zero-order chi connectivity index (χ0) is 24.8. The van der Waals surface area contributed by atoms with Gasteiger partial charge in [-0.2, -0.15) is 0 Å². The fraction of sp³-hybridized carbons (Fsp3) is 0.486. The second-order valence-electron chi connectivity index (χ2n) is 13.0. The molecule has 0 nitrogen and oxygen atoms in total. The Balaban J connectivity index is 1.18. The van der Waals surface area contributed by atoms with E-state index in [0.717, 1.165) is 12.3 Å². The molecular weight excluding hydrogens is 420 g/mol. The van der Waals surface area contributed by atoms with Crippen molar-refractivity contribution in [3.8, 4) is 11.1 Å². The number of hydrogen-bond donors (Lipinski definition) is 0. The SMILES string of the molecule is C=C(Cc1cccc(-c2ccc(C(=C)C3CCC(C(=C)C4(C)CC4)CC3)cc2)c1)C1CC(C)(C)C1. The molecule has 0 radical (unpaired) electrons. The van der Waals surface area contributed by atoms with Crippen molar-refractivity contribution in [1.82, 2.24) is 0 Å². The third-order valence-electron chi connectivity index (χ3n) is 9.61. The van der Waals surface area contributed by atoms with Crippen molar-refractivity contribution in [3.63, 3.8) is 0 Å². The first-order valence-corrected chi connectivity index (χ1v) is 13.9. The summed E-state index contributed by atoms with van der Waals surface area (Å²) in [5, 5.41) is 0. The van der Waals surface area contributed by atoms with Crippen LogP contribution in [0.5, 0.6) is 0 Å². The minimum Gasteiger partial charge on any atom is -0.0992 e. The highest BCUT2D eigenvalue weighted by atomic mass is 14.5. The van der Waals surface area contributed by atoms with E-state index in [1.165, 1.54) is 90.3 Å². The summed E-state index contributed by atoms with van der Waals surface area (Å²) >= 11 is 0. The van der Waals surface area contributed by atoms with E-state index in [0.29, 0.717) is 22.7 Å². The second-order valence-corrected chi connectivity index (χ2v) is 13.0. The Kier molecular flexibility index (Phi) is 6.45. The van der Waals surface area contributed by atoms with Gasteiger partial charge >= 0.3 is 0 Å². The van der Waals surface area contributed by atoms with Crippen LogP contribution in [0.3, 0.4) is 0 Å². The Morgan fingerprint density at radius 2 is 1.40 bits per heavy atom. The molecule has 0 unspecified atom stereocenters. The molecule has 2 aromatic carbocycles. The van der Waals surface area contributed by atoms with Gasteiger partial charge in [0, 0.05) is 0 Å². The molecule has 3 aliphatic carbocycles. The zero-order valence-electron chi connectivity index (χ0n) is 22.3. The third kappa shape index (κ3) is 5.28. The Morgan fingerprint density at radius 1 is 0.771 bits per heavy atom. The maximum absolute atomic E-state index is 4.54. The molecule has 184 valence electrons. The van der Waals surface area contributed by atoms with Crippen LogP contribution in [0.4, 0.5) is 0 Å². The lowest BCUT2D eigenvalue weighted by Gasteiger charge is -2.43. The lowest BCUT2D eigenvalue weighted by molar-refractivity contribution is 0.122. The Hall–Kier alpha value is -2.34. The van der Waals surface area contributed by atoms with E-state index in [9.17, 15) is 0 Å². The van der Waals surface area contributed by atoms with Crippen molar-refractivity contribution in [2.75, 3.05) is 0 Å². The van der Waals surface area contributed by atoms with Gasteiger partial charge in [0.25, 0.3) is 0 Å². The fourth-order valence-electron chi connectivity index (χ4n) is 6.73. The van der Waals surface area contributed by atoms with E-state index in [1.807, 2.05) is 0 Å². The monoisotopic (exact) mass is 464 g/mol. The molecule has 0 amide bonds. The van der Waals surface area contributed by atoms with E-state index >= 15 is 0 Å². The van der Waals surface area contributed by atoms with Crippen LogP contribution >= 0.6 is 0 Å². The largest absolute Gasteiger partial charge is 0.0992 e. The highest BCUT2D eigenvalue weighted by molar-refractivity contribution is 5.71. The van der Waals surface area contributed by atoms with Gasteiger partial charge in [-0.1, -0.05) is 100 Å². The molecule has 2 aromatic rings. The molecule has 0 aromatic heterocycles. The molecule has 0 N–H and O–H groups in total. The van der Waals surface area contributed by atoms with Gasteiger partial charge in [-0.15, -0.1) is 0 Å². The fourth-order valence-corrected chi connectivity index (χ4v) is 6.73. The summed E-state index contributed by atoms with van der Waals surface area (Å²) in [5.74, 6) is 2.04. The van der Waals surface area contributed by atoms with Gasteiger partial charge in [-0.25, -0.2) is 0 Å². The lowest BCUT2D eigenvalue weighted by atomic mass is 9.61. The van der Waals surface area contributed by atoms with Crippen molar-refractivity contribution in [2.24, 2.45) is 28.6 Å². The van der Waals surface area contributed by atoms with Crippen LogP contribution in [0.25, 0.3) is 16.7 Å². The van der Waals surface area contributed by atoms with E-state index in [4.69, 9.17) is 0 Å². The van der Waals surface area contributed by atoms with Crippen LogP contribution in [0.15, 0.2) is 79.4 Å². The van der Waals surface area contributed by atoms with Crippen LogP contribution in [-0.4, -0.2) is 0 Å². The molecular formula is C35H44. The van der Waals surface area contributed by atoms with Crippen molar-refractivity contribution >= 4 is 5.57 Å². The summed E-state index contributed by atoms with van der Waals surface area (Å²) in [6.07, 6.45) is 11.3. The predicted octanol–water partition coefficient (Wildman–Crippen LogP) is 10.1. The van der Waals surface area contributed by atoms with E-state index in [1.54, 1.807) is 0 Å². The Morgan fingerprint density at radius 3 is 2.00 bits per heavy atom. The topological polar surface area (TPSA) is 0 Å². The van der Waals surface area contributed by atoms with E-state index in [2.05, 4.69) is 89.0 Å². The molecule has 0 heteroatoms. The molecule has 0 atom stereocenters. The summed E-state index contributed by atoms with van der Waals surface area (Å²) in [7, 11) is 0. The van der Waals surface area contributed by atoms with Crippen LogP contribution in [0.1, 0.15) is 83.3 Å². The second kappa shape index (κ2) is 9.27. The third-order valence-corrected chi connectivity index (χ3v) is 9.61. The smallest absolute Gasteiger partial charge is 0.00668 e. The molecule has 3 saturated carbocycles. The summed E-state index contributed by atoms with van der Waals surface area (Å²) in [4.78, 5) is 0. The molecule has 3 aliphatic rings. The van der Waals surface area contributed by atoms with Crippen molar-refractivity contribution in [2.45, 2.75) is 78.6 Å². The first-order valence-electron chi connectivity index (χ1n) is 13.9. The number of allylic oxidation sites excluding steroid dienone is 3. The van der Waals surface area contributed by atoms with Gasteiger partial charge in [0.05, 0.1) is 0 Å². The lowest BCUT2D eigenvalue weighted by Crippen LogP contribution is -2.32. The number of rotatable bonds is 8.